The largest absolute Gasteiger partial charge is 0.408 e. The summed E-state index contributed by atoms with van der Waals surface area (Å²) in [7, 11) is -3.57. The lowest BCUT2D eigenvalue weighted by molar-refractivity contribution is 0.102. The van der Waals surface area contributed by atoms with Crippen molar-refractivity contribution in [3.8, 4) is 0 Å². The van der Waals surface area contributed by atoms with Gasteiger partial charge in [-0.05, 0) is 36.4 Å². The third-order valence-corrected chi connectivity index (χ3v) is 7.55. The summed E-state index contributed by atoms with van der Waals surface area (Å²) >= 11 is 1.68. The van der Waals surface area contributed by atoms with E-state index in [0.29, 0.717) is 25.4 Å². The minimum Gasteiger partial charge on any atom is -0.408 e. The van der Waals surface area contributed by atoms with Gasteiger partial charge in [0.1, 0.15) is 0 Å². The molecule has 0 bridgehead atoms. The first kappa shape index (κ1) is 23.0. The van der Waals surface area contributed by atoms with E-state index in [2.05, 4.69) is 15.5 Å². The highest BCUT2D eigenvalue weighted by Gasteiger charge is 2.22. The summed E-state index contributed by atoms with van der Waals surface area (Å²) in [6.07, 6.45) is 0.570. The predicted octanol–water partition coefficient (Wildman–Crippen LogP) is 3.69. The van der Waals surface area contributed by atoms with E-state index in [1.54, 1.807) is 25.6 Å². The van der Waals surface area contributed by atoms with E-state index in [-0.39, 0.29) is 16.5 Å². The number of nitrogens with zero attached hydrogens (tertiary/aromatic N) is 3. The summed E-state index contributed by atoms with van der Waals surface area (Å²) in [6, 6.07) is 15.7. The van der Waals surface area contributed by atoms with Crippen LogP contribution in [0.1, 0.15) is 30.1 Å². The van der Waals surface area contributed by atoms with Crippen molar-refractivity contribution in [2.45, 2.75) is 30.1 Å². The second-order valence-corrected chi connectivity index (χ2v) is 9.59. The van der Waals surface area contributed by atoms with E-state index < -0.39 is 15.9 Å². The summed E-state index contributed by atoms with van der Waals surface area (Å²) in [5.74, 6) is 0.738. The van der Waals surface area contributed by atoms with E-state index in [4.69, 9.17) is 4.42 Å². The van der Waals surface area contributed by atoms with Crippen LogP contribution in [0.3, 0.4) is 0 Å². The molecule has 0 aliphatic carbocycles. The molecule has 3 aromatic rings. The van der Waals surface area contributed by atoms with Crippen LogP contribution in [-0.2, 0) is 16.4 Å². The average molecular weight is 461 g/mol. The molecule has 8 nitrogen and oxygen atoms in total. The van der Waals surface area contributed by atoms with Crippen molar-refractivity contribution in [3.05, 3.63) is 66.1 Å². The molecule has 3 rings (SSSR count). The van der Waals surface area contributed by atoms with Gasteiger partial charge in [0.2, 0.25) is 15.9 Å². The van der Waals surface area contributed by atoms with Gasteiger partial charge in [-0.3, -0.25) is 10.1 Å². The Morgan fingerprint density at radius 3 is 2.35 bits per heavy atom. The summed E-state index contributed by atoms with van der Waals surface area (Å²) in [5.41, 5.74) is 0.290. The Kier molecular flexibility index (Phi) is 7.83. The fourth-order valence-corrected chi connectivity index (χ4v) is 5.16. The molecule has 31 heavy (non-hydrogen) atoms. The van der Waals surface area contributed by atoms with Crippen molar-refractivity contribution < 1.29 is 17.6 Å². The molecule has 1 aromatic heterocycles. The first-order valence-electron chi connectivity index (χ1n) is 9.85. The lowest BCUT2D eigenvalue weighted by Crippen LogP contribution is -2.30. The molecule has 0 fully saturated rings. The van der Waals surface area contributed by atoms with E-state index in [1.807, 2.05) is 30.3 Å². The Morgan fingerprint density at radius 2 is 1.71 bits per heavy atom. The molecule has 1 N–H and O–H groups in total. The number of nitrogens with one attached hydrogen (secondary N) is 1. The lowest BCUT2D eigenvalue weighted by Gasteiger charge is -2.18. The highest BCUT2D eigenvalue weighted by atomic mass is 32.2. The highest BCUT2D eigenvalue weighted by Crippen LogP contribution is 2.19. The number of amides is 1. The molecule has 0 saturated heterocycles. The molecular weight excluding hydrogens is 436 g/mol. The zero-order valence-electron chi connectivity index (χ0n) is 17.3. The van der Waals surface area contributed by atoms with Gasteiger partial charge >= 0.3 is 6.01 Å². The maximum atomic E-state index is 12.5. The van der Waals surface area contributed by atoms with Crippen LogP contribution in [-0.4, -0.2) is 47.7 Å². The van der Waals surface area contributed by atoms with Gasteiger partial charge in [0.05, 0.1) is 4.90 Å². The maximum absolute atomic E-state index is 12.5. The van der Waals surface area contributed by atoms with Crippen molar-refractivity contribution in [1.82, 2.24) is 14.5 Å². The van der Waals surface area contributed by atoms with Crippen LogP contribution >= 0.6 is 11.8 Å². The molecule has 1 heterocycles. The van der Waals surface area contributed by atoms with Crippen LogP contribution in [0, 0.1) is 0 Å². The normalized spacial score (nSPS) is 11.6. The third-order valence-electron chi connectivity index (χ3n) is 4.47. The van der Waals surface area contributed by atoms with Gasteiger partial charge in [-0.1, -0.05) is 37.1 Å². The van der Waals surface area contributed by atoms with Gasteiger partial charge in [-0.2, -0.15) is 4.31 Å². The Hall–Kier alpha value is -2.69. The number of carbonyl (C=O) groups is 1. The molecule has 0 aliphatic heterocycles. The summed E-state index contributed by atoms with van der Waals surface area (Å²) < 4.78 is 31.9. The molecule has 0 aliphatic rings. The van der Waals surface area contributed by atoms with Gasteiger partial charge in [-0.15, -0.1) is 16.9 Å². The number of hydrogen-bond donors (Lipinski definition) is 1. The topological polar surface area (TPSA) is 105 Å². The molecule has 0 radical (unpaired) electrons. The molecule has 0 spiro atoms. The summed E-state index contributed by atoms with van der Waals surface area (Å²) in [4.78, 5) is 13.7. The molecular formula is C21H24N4O4S2. The number of aromatic nitrogens is 2. The summed E-state index contributed by atoms with van der Waals surface area (Å²) in [5, 5.41) is 10.3. The van der Waals surface area contributed by atoms with E-state index in [9.17, 15) is 13.2 Å². The number of sulfonamides is 1. The van der Waals surface area contributed by atoms with Crippen LogP contribution in [0.15, 0.2) is 68.8 Å². The van der Waals surface area contributed by atoms with Crippen LogP contribution in [0.4, 0.5) is 6.01 Å². The van der Waals surface area contributed by atoms with Gasteiger partial charge in [-0.25, -0.2) is 8.42 Å². The minimum absolute atomic E-state index is 0.00421. The first-order valence-corrected chi connectivity index (χ1v) is 12.3. The smallest absolute Gasteiger partial charge is 0.322 e. The quantitative estimate of drug-likeness (QED) is 0.460. The van der Waals surface area contributed by atoms with E-state index in [1.165, 1.54) is 28.6 Å². The molecule has 1 amide bonds. The van der Waals surface area contributed by atoms with Crippen molar-refractivity contribution in [3.63, 3.8) is 0 Å². The standard InChI is InChI=1S/C21H24N4O4S2/c1-3-25(4-2)31(27,28)18-12-10-16(11-13-18)20(26)22-21-24-23-19(29-21)14-15-30-17-8-6-5-7-9-17/h5-13H,3-4,14-15H2,1-2H3,(H,22,24,26). The number of carbonyl (C=O) groups excluding carboxylic acids is 1. The van der Waals surface area contributed by atoms with Gasteiger partial charge < -0.3 is 4.42 Å². The second kappa shape index (κ2) is 10.6. The first-order chi connectivity index (χ1) is 14.9. The number of thioether (sulfide) groups is 1. The molecule has 0 atom stereocenters. The fraction of sp³-hybridized carbons (Fsp3) is 0.286. The Balaban J connectivity index is 1.57. The third kappa shape index (κ3) is 5.93. The van der Waals surface area contributed by atoms with Gasteiger partial charge in [0.15, 0.2) is 0 Å². The highest BCUT2D eigenvalue weighted by molar-refractivity contribution is 7.99. The van der Waals surface area contributed by atoms with Gasteiger partial charge in [0.25, 0.3) is 5.91 Å². The molecule has 2 aromatic carbocycles. The lowest BCUT2D eigenvalue weighted by atomic mass is 10.2. The number of rotatable bonds is 10. The number of hydrogen-bond acceptors (Lipinski definition) is 7. The van der Waals surface area contributed by atoms with Crippen molar-refractivity contribution in [2.75, 3.05) is 24.2 Å². The Bertz CT molecular complexity index is 1100. The molecule has 164 valence electrons. The number of benzene rings is 2. The minimum atomic E-state index is -3.57. The van der Waals surface area contributed by atoms with Crippen LogP contribution in [0.25, 0.3) is 0 Å². The Morgan fingerprint density at radius 1 is 1.03 bits per heavy atom. The van der Waals surface area contributed by atoms with Crippen LogP contribution in [0.2, 0.25) is 0 Å². The molecule has 0 saturated carbocycles. The van der Waals surface area contributed by atoms with Crippen LogP contribution < -0.4 is 5.32 Å². The number of aryl methyl sites for hydroxylation is 1. The van der Waals surface area contributed by atoms with Crippen LogP contribution in [0.5, 0.6) is 0 Å². The van der Waals surface area contributed by atoms with Crippen molar-refractivity contribution in [1.29, 1.82) is 0 Å². The van der Waals surface area contributed by atoms with Crippen molar-refractivity contribution >= 4 is 33.7 Å². The zero-order chi connectivity index (χ0) is 22.3. The second-order valence-electron chi connectivity index (χ2n) is 6.48. The zero-order valence-corrected chi connectivity index (χ0v) is 18.9. The molecule has 10 heteroatoms. The monoisotopic (exact) mass is 460 g/mol. The molecule has 0 unspecified atom stereocenters. The van der Waals surface area contributed by atoms with Crippen molar-refractivity contribution in [2.24, 2.45) is 0 Å². The SMILES string of the molecule is CCN(CC)S(=O)(=O)c1ccc(C(=O)Nc2nnc(CCSc3ccccc3)o2)cc1. The summed E-state index contributed by atoms with van der Waals surface area (Å²) in [6.45, 7) is 4.32. The number of anilines is 1. The van der Waals surface area contributed by atoms with E-state index in [0.717, 1.165) is 10.6 Å². The van der Waals surface area contributed by atoms with Gasteiger partial charge in [0, 0.05) is 35.7 Å². The maximum Gasteiger partial charge on any atom is 0.322 e. The fourth-order valence-electron chi connectivity index (χ4n) is 2.84. The predicted molar refractivity (Wildman–Crippen MR) is 120 cm³/mol. The van der Waals surface area contributed by atoms with E-state index >= 15 is 0 Å². The Labute approximate surface area is 186 Å². The average Bonchev–Trinajstić information content (AvgIpc) is 3.22.